The predicted octanol–water partition coefficient (Wildman–Crippen LogP) is 17.4. The van der Waals surface area contributed by atoms with Gasteiger partial charge in [-0.25, -0.2) is 0 Å². The number of rotatable bonds is 9. The van der Waals surface area contributed by atoms with Crippen LogP contribution in [0.15, 0.2) is 230 Å². The van der Waals surface area contributed by atoms with E-state index in [2.05, 4.69) is 260 Å². The number of allylic oxidation sites excluding steroid dienone is 6. The third-order valence-electron chi connectivity index (χ3n) is 15.0. The zero-order valence-corrected chi connectivity index (χ0v) is 39.5. The largest absolute Gasteiger partial charge is 0.314 e. The van der Waals surface area contributed by atoms with E-state index in [4.69, 9.17) is 0 Å². The van der Waals surface area contributed by atoms with Gasteiger partial charge in [-0.3, -0.25) is 0 Å². The van der Waals surface area contributed by atoms with Gasteiger partial charge in [0.05, 0.1) is 22.1 Å². The third kappa shape index (κ3) is 6.83. The molecule has 3 heterocycles. The van der Waals surface area contributed by atoms with Crippen LogP contribution in [-0.2, 0) is 12.8 Å². The highest BCUT2D eigenvalue weighted by molar-refractivity contribution is 6.13. The van der Waals surface area contributed by atoms with Crippen molar-refractivity contribution in [3.05, 3.63) is 253 Å². The van der Waals surface area contributed by atoms with Gasteiger partial charge < -0.3 is 23.5 Å². The van der Waals surface area contributed by atoms with Gasteiger partial charge in [0.1, 0.15) is 0 Å². The number of aromatic nitrogens is 3. The summed E-state index contributed by atoms with van der Waals surface area (Å²) in [5.41, 5.74) is 21.0. The Balaban J connectivity index is 0.960. The van der Waals surface area contributed by atoms with Crippen LogP contribution in [0.1, 0.15) is 48.2 Å². The molecule has 0 atom stereocenters. The molecule has 0 fully saturated rings. The first-order chi connectivity index (χ1) is 35.2. The van der Waals surface area contributed by atoms with Crippen LogP contribution in [-0.4, -0.2) is 13.7 Å². The van der Waals surface area contributed by atoms with E-state index in [9.17, 15) is 0 Å². The lowest BCUT2D eigenvalue weighted by Crippen LogP contribution is -2.19. The molecule has 14 rings (SSSR count). The van der Waals surface area contributed by atoms with Crippen molar-refractivity contribution in [3.8, 4) is 11.4 Å². The molecule has 0 N–H and O–H groups in total. The number of nitrogens with zero attached hydrogens (tertiary/aromatic N) is 5. The Morgan fingerprint density at radius 3 is 1.48 bits per heavy atom. The lowest BCUT2D eigenvalue weighted by atomic mass is 9.97. The van der Waals surface area contributed by atoms with E-state index in [0.29, 0.717) is 0 Å². The van der Waals surface area contributed by atoms with Crippen LogP contribution >= 0.6 is 0 Å². The maximum absolute atomic E-state index is 2.52. The van der Waals surface area contributed by atoms with E-state index in [1.807, 2.05) is 0 Å². The lowest BCUT2D eigenvalue weighted by Gasteiger charge is -2.30. The van der Waals surface area contributed by atoms with Crippen molar-refractivity contribution >= 4 is 89.9 Å². The minimum Gasteiger partial charge on any atom is -0.314 e. The molecule has 0 radical (unpaired) electrons. The Bertz CT molecular complexity index is 3980. The first-order valence-corrected chi connectivity index (χ1v) is 25.2. The predicted molar refractivity (Wildman–Crippen MR) is 299 cm³/mol. The Morgan fingerprint density at radius 1 is 0.352 bits per heavy atom. The van der Waals surface area contributed by atoms with Crippen molar-refractivity contribution in [2.24, 2.45) is 0 Å². The molecule has 0 bridgehead atoms. The Morgan fingerprint density at radius 2 is 0.859 bits per heavy atom. The molecule has 5 heteroatoms. The smallest absolute Gasteiger partial charge is 0.0539 e. The maximum Gasteiger partial charge on any atom is 0.0539 e. The molecular weight excluding hydrogens is 863 g/mol. The van der Waals surface area contributed by atoms with Gasteiger partial charge in [-0.1, -0.05) is 115 Å². The molecule has 340 valence electrons. The quantitative estimate of drug-likeness (QED) is 0.144. The number of para-hydroxylation sites is 5. The number of fused-ring (bicyclic) bond motifs is 9. The van der Waals surface area contributed by atoms with Crippen LogP contribution < -0.4 is 9.80 Å². The molecule has 0 unspecified atom stereocenters. The number of anilines is 5. The molecule has 0 saturated heterocycles. The molecule has 3 aliphatic rings. The molecule has 3 aromatic heterocycles. The summed E-state index contributed by atoms with van der Waals surface area (Å²) in [6, 6.07) is 73.8. The monoisotopic (exact) mass is 913 g/mol. The van der Waals surface area contributed by atoms with Gasteiger partial charge in [-0.15, -0.1) is 0 Å². The molecule has 5 nitrogen and oxygen atoms in total. The molecular formula is C66H51N5. The second-order valence-corrected chi connectivity index (χ2v) is 19.1. The van der Waals surface area contributed by atoms with Gasteiger partial charge in [0.2, 0.25) is 0 Å². The highest BCUT2D eigenvalue weighted by Gasteiger charge is 2.27. The van der Waals surface area contributed by atoms with Crippen molar-refractivity contribution in [1.29, 1.82) is 0 Å². The van der Waals surface area contributed by atoms with Crippen molar-refractivity contribution in [2.45, 2.75) is 38.5 Å². The van der Waals surface area contributed by atoms with Gasteiger partial charge in [-0.05, 0) is 160 Å². The standard InChI is InChI=1S/C66H51N5/c1-6-20-46(21-7-1)67(51-34-38-63-57(42-51)55-30-16-18-32-61(55)69(63)48-24-10-3-11-25-48)53-36-40-65-59(44-53)60-45-54(37-41-66(60)71(65)50-28-14-5-15-29-50)68(47-22-8-2-9-23-47)52-35-39-64-58(43-52)56-31-17-19-33-62(56)70(64)49-26-12-4-13-27-49/h1-14,16-18,20-28,30-32,35-37,39-45H,15,19,29,33-34,38H2. The second-order valence-electron chi connectivity index (χ2n) is 19.1. The highest BCUT2D eigenvalue weighted by Crippen LogP contribution is 2.46. The highest BCUT2D eigenvalue weighted by atomic mass is 15.2. The Hall–Kier alpha value is -8.80. The van der Waals surface area contributed by atoms with Crippen molar-refractivity contribution < 1.29 is 0 Å². The summed E-state index contributed by atoms with van der Waals surface area (Å²) < 4.78 is 7.46. The SMILES string of the molecule is C1=CCCC(n2c3ccc(N(C4=Cc5c(n(-c6ccccc6)c6ccccc56)CC4)c4ccccc4)cc3c3cc(N(c4ccccc4)c4ccc5c(c4)c4c(n5-c5ccccc5)CCC=C4)ccc32)=C1. The fraction of sp³-hybridized carbons (Fsp3) is 0.0909. The zero-order valence-electron chi connectivity index (χ0n) is 39.5. The fourth-order valence-corrected chi connectivity index (χ4v) is 11.9. The zero-order chi connectivity index (χ0) is 46.8. The fourth-order valence-electron chi connectivity index (χ4n) is 11.9. The van der Waals surface area contributed by atoms with Crippen LogP contribution in [0.2, 0.25) is 0 Å². The summed E-state index contributed by atoms with van der Waals surface area (Å²) in [6.45, 7) is 0. The average molecular weight is 914 g/mol. The van der Waals surface area contributed by atoms with Crippen molar-refractivity contribution in [3.63, 3.8) is 0 Å². The van der Waals surface area contributed by atoms with Crippen LogP contribution in [0.4, 0.5) is 28.4 Å². The lowest BCUT2D eigenvalue weighted by molar-refractivity contribution is 0.838. The minimum absolute atomic E-state index is 0.901. The summed E-state index contributed by atoms with van der Waals surface area (Å²) >= 11 is 0. The van der Waals surface area contributed by atoms with Gasteiger partial charge in [0.25, 0.3) is 0 Å². The van der Waals surface area contributed by atoms with Crippen LogP contribution in [0.25, 0.3) is 72.8 Å². The number of hydrogen-bond acceptors (Lipinski definition) is 2. The Labute approximate surface area is 414 Å². The summed E-state index contributed by atoms with van der Waals surface area (Å²) in [7, 11) is 0. The summed E-state index contributed by atoms with van der Waals surface area (Å²) in [6.07, 6.45) is 19.8. The van der Waals surface area contributed by atoms with E-state index in [1.54, 1.807) is 0 Å². The second kappa shape index (κ2) is 17.0. The first-order valence-electron chi connectivity index (χ1n) is 25.2. The van der Waals surface area contributed by atoms with Gasteiger partial charge in [-0.2, -0.15) is 0 Å². The average Bonchev–Trinajstić information content (AvgIpc) is 4.07. The maximum atomic E-state index is 2.52. The molecule has 11 aromatic rings. The molecule has 8 aromatic carbocycles. The minimum atomic E-state index is 0.901. The molecule has 3 aliphatic carbocycles. The summed E-state index contributed by atoms with van der Waals surface area (Å²) in [5, 5.41) is 5.01. The number of benzene rings is 8. The van der Waals surface area contributed by atoms with E-state index in [0.717, 1.165) is 67.0 Å². The van der Waals surface area contributed by atoms with Gasteiger partial charge >= 0.3 is 0 Å². The summed E-state index contributed by atoms with van der Waals surface area (Å²) in [5.74, 6) is 0. The van der Waals surface area contributed by atoms with E-state index >= 15 is 0 Å². The molecule has 0 saturated carbocycles. The van der Waals surface area contributed by atoms with Crippen LogP contribution in [0.5, 0.6) is 0 Å². The molecule has 0 spiro atoms. The van der Waals surface area contributed by atoms with Crippen molar-refractivity contribution in [1.82, 2.24) is 13.7 Å². The molecule has 0 aliphatic heterocycles. The van der Waals surface area contributed by atoms with Crippen LogP contribution in [0.3, 0.4) is 0 Å². The molecule has 0 amide bonds. The van der Waals surface area contributed by atoms with Gasteiger partial charge in [0, 0.05) is 95.3 Å². The molecule has 71 heavy (non-hydrogen) atoms. The third-order valence-corrected chi connectivity index (χ3v) is 15.0. The van der Waals surface area contributed by atoms with E-state index < -0.39 is 0 Å². The first kappa shape index (κ1) is 41.2. The normalized spacial score (nSPS) is 14.2. The van der Waals surface area contributed by atoms with Crippen LogP contribution in [0, 0.1) is 0 Å². The van der Waals surface area contributed by atoms with E-state index in [1.165, 1.54) is 88.9 Å². The topological polar surface area (TPSA) is 21.3 Å². The van der Waals surface area contributed by atoms with Crippen molar-refractivity contribution in [2.75, 3.05) is 9.80 Å². The Kier molecular flexibility index (Phi) is 9.87. The summed E-state index contributed by atoms with van der Waals surface area (Å²) in [4.78, 5) is 4.95. The number of hydrogen-bond donors (Lipinski definition) is 0. The van der Waals surface area contributed by atoms with E-state index in [-0.39, 0.29) is 0 Å². The van der Waals surface area contributed by atoms with Gasteiger partial charge in [0.15, 0.2) is 0 Å².